The van der Waals surface area contributed by atoms with Crippen molar-refractivity contribution in [2.24, 2.45) is 0 Å². The molecule has 0 fully saturated rings. The molecule has 1 amide bonds. The van der Waals surface area contributed by atoms with Gasteiger partial charge in [0.15, 0.2) is 11.8 Å². The highest BCUT2D eigenvalue weighted by molar-refractivity contribution is 7.99. The summed E-state index contributed by atoms with van der Waals surface area (Å²) in [5, 5.41) is 3.49. The van der Waals surface area contributed by atoms with E-state index in [0.29, 0.717) is 23.0 Å². The number of hydrogen-bond acceptors (Lipinski definition) is 5. The maximum Gasteiger partial charge on any atom is 0.257 e. The van der Waals surface area contributed by atoms with Gasteiger partial charge in [-0.25, -0.2) is 4.98 Å². The minimum atomic E-state index is -0.325. The van der Waals surface area contributed by atoms with Gasteiger partial charge in [-0.3, -0.25) is 4.79 Å². The summed E-state index contributed by atoms with van der Waals surface area (Å²) in [7, 11) is 0. The normalized spacial score (nSPS) is 16.7. The van der Waals surface area contributed by atoms with Crippen LogP contribution in [0.3, 0.4) is 0 Å². The molecular weight excluding hydrogens is 312 g/mol. The van der Waals surface area contributed by atoms with E-state index >= 15 is 0 Å². The van der Waals surface area contributed by atoms with E-state index in [1.54, 1.807) is 6.07 Å². The quantitative estimate of drug-likeness (QED) is 0.744. The lowest BCUT2D eigenvalue weighted by Crippen LogP contribution is -2.43. The summed E-state index contributed by atoms with van der Waals surface area (Å²) in [5.74, 6) is 1.27. The Morgan fingerprint density at radius 3 is 2.87 bits per heavy atom. The molecule has 4 rings (SSSR count). The average molecular weight is 326 g/mol. The van der Waals surface area contributed by atoms with E-state index in [1.165, 1.54) is 11.8 Å². The zero-order chi connectivity index (χ0) is 15.6. The number of carbonyl (C=O) groups is 1. The van der Waals surface area contributed by atoms with Crippen molar-refractivity contribution in [2.75, 3.05) is 5.75 Å². The minimum absolute atomic E-state index is 0.0938. The standard InChI is InChI=1S/C17H14N2O3S/c20-16-11-5-1-3-7-13(11)21-15(19-16)9-10-23-17-18-12-6-2-4-8-14(12)22-17/h1-8,15H,9-10H2,(H,19,20). The Bertz CT molecular complexity index is 829. The number of rotatable bonds is 4. The second kappa shape index (κ2) is 5.96. The SMILES string of the molecule is O=C1NC(CCSc2nc3ccccc3o2)Oc2ccccc21. The first-order valence-electron chi connectivity index (χ1n) is 7.34. The van der Waals surface area contributed by atoms with Crippen LogP contribution in [0.4, 0.5) is 0 Å². The fourth-order valence-electron chi connectivity index (χ4n) is 2.46. The van der Waals surface area contributed by atoms with Crippen LogP contribution in [0.15, 0.2) is 58.2 Å². The van der Waals surface area contributed by atoms with Crippen LogP contribution in [0.2, 0.25) is 0 Å². The second-order valence-electron chi connectivity index (χ2n) is 5.16. The molecule has 3 aromatic rings. The maximum absolute atomic E-state index is 12.0. The Balaban J connectivity index is 1.37. The van der Waals surface area contributed by atoms with Gasteiger partial charge in [-0.05, 0) is 24.3 Å². The van der Waals surface area contributed by atoms with Crippen molar-refractivity contribution in [1.82, 2.24) is 10.3 Å². The molecular formula is C17H14N2O3S. The average Bonchev–Trinajstić information content (AvgIpc) is 2.98. The molecule has 5 nitrogen and oxygen atoms in total. The number of nitrogens with zero attached hydrogens (tertiary/aromatic N) is 1. The monoisotopic (exact) mass is 326 g/mol. The summed E-state index contributed by atoms with van der Waals surface area (Å²) in [4.78, 5) is 16.4. The highest BCUT2D eigenvalue weighted by Gasteiger charge is 2.24. The number of thioether (sulfide) groups is 1. The Hall–Kier alpha value is -2.47. The van der Waals surface area contributed by atoms with Crippen LogP contribution in [-0.2, 0) is 0 Å². The van der Waals surface area contributed by atoms with Gasteiger partial charge in [-0.2, -0.15) is 0 Å². The van der Waals surface area contributed by atoms with E-state index in [4.69, 9.17) is 9.15 Å². The highest BCUT2D eigenvalue weighted by Crippen LogP contribution is 2.26. The number of nitrogens with one attached hydrogen (secondary N) is 1. The topological polar surface area (TPSA) is 64.4 Å². The summed E-state index contributed by atoms with van der Waals surface area (Å²) in [6, 6.07) is 14.9. The molecule has 0 saturated heterocycles. The third kappa shape index (κ3) is 2.90. The molecule has 0 radical (unpaired) electrons. The Kier molecular flexibility index (Phi) is 3.67. The molecule has 2 heterocycles. The van der Waals surface area contributed by atoms with Gasteiger partial charge in [0.25, 0.3) is 11.1 Å². The third-order valence-corrected chi connectivity index (χ3v) is 4.43. The predicted octanol–water partition coefficient (Wildman–Crippen LogP) is 3.46. The first-order chi connectivity index (χ1) is 11.3. The van der Waals surface area contributed by atoms with E-state index in [0.717, 1.165) is 16.9 Å². The molecule has 1 aromatic heterocycles. The van der Waals surface area contributed by atoms with Crippen molar-refractivity contribution in [3.63, 3.8) is 0 Å². The van der Waals surface area contributed by atoms with Crippen molar-refractivity contribution in [2.45, 2.75) is 17.9 Å². The van der Waals surface area contributed by atoms with Gasteiger partial charge in [-0.1, -0.05) is 36.0 Å². The van der Waals surface area contributed by atoms with Gasteiger partial charge in [0, 0.05) is 12.2 Å². The number of amides is 1. The van der Waals surface area contributed by atoms with Crippen molar-refractivity contribution in [1.29, 1.82) is 0 Å². The van der Waals surface area contributed by atoms with Gasteiger partial charge < -0.3 is 14.5 Å². The molecule has 1 unspecified atom stereocenters. The molecule has 1 atom stereocenters. The molecule has 1 aliphatic rings. The van der Waals surface area contributed by atoms with Crippen LogP contribution in [0.5, 0.6) is 5.75 Å². The molecule has 23 heavy (non-hydrogen) atoms. The molecule has 0 aliphatic carbocycles. The highest BCUT2D eigenvalue weighted by atomic mass is 32.2. The van der Waals surface area contributed by atoms with Gasteiger partial charge in [-0.15, -0.1) is 0 Å². The summed E-state index contributed by atoms with van der Waals surface area (Å²) < 4.78 is 11.5. The summed E-state index contributed by atoms with van der Waals surface area (Å²) in [6.45, 7) is 0. The van der Waals surface area contributed by atoms with E-state index in [9.17, 15) is 4.79 Å². The smallest absolute Gasteiger partial charge is 0.257 e. The summed E-state index contributed by atoms with van der Waals surface area (Å²) in [5.41, 5.74) is 2.22. The number of hydrogen-bond donors (Lipinski definition) is 1. The van der Waals surface area contributed by atoms with Crippen molar-refractivity contribution in [3.05, 3.63) is 54.1 Å². The molecule has 2 aromatic carbocycles. The van der Waals surface area contributed by atoms with Crippen LogP contribution in [0, 0.1) is 0 Å². The van der Waals surface area contributed by atoms with Crippen LogP contribution >= 0.6 is 11.8 Å². The lowest BCUT2D eigenvalue weighted by atomic mass is 10.1. The lowest BCUT2D eigenvalue weighted by Gasteiger charge is -2.26. The van der Waals surface area contributed by atoms with Crippen LogP contribution in [0.25, 0.3) is 11.1 Å². The molecule has 116 valence electrons. The van der Waals surface area contributed by atoms with Crippen molar-refractivity contribution in [3.8, 4) is 5.75 Å². The van der Waals surface area contributed by atoms with Crippen molar-refractivity contribution < 1.29 is 13.9 Å². The van der Waals surface area contributed by atoms with Gasteiger partial charge >= 0.3 is 0 Å². The lowest BCUT2D eigenvalue weighted by molar-refractivity contribution is 0.0752. The Morgan fingerprint density at radius 2 is 1.96 bits per heavy atom. The molecule has 6 heteroatoms. The van der Waals surface area contributed by atoms with Gasteiger partial charge in [0.05, 0.1) is 5.56 Å². The van der Waals surface area contributed by atoms with E-state index in [-0.39, 0.29) is 12.1 Å². The van der Waals surface area contributed by atoms with Gasteiger partial charge in [0.1, 0.15) is 11.3 Å². The summed E-state index contributed by atoms with van der Waals surface area (Å²) in [6.07, 6.45) is 0.345. The number of para-hydroxylation sites is 3. The molecule has 1 N–H and O–H groups in total. The van der Waals surface area contributed by atoms with Crippen LogP contribution < -0.4 is 10.1 Å². The zero-order valence-electron chi connectivity index (χ0n) is 12.2. The maximum atomic E-state index is 12.0. The summed E-state index contributed by atoms with van der Waals surface area (Å²) >= 11 is 1.51. The molecule has 0 saturated carbocycles. The molecule has 0 bridgehead atoms. The minimum Gasteiger partial charge on any atom is -0.470 e. The number of carbonyl (C=O) groups excluding carboxylic acids is 1. The van der Waals surface area contributed by atoms with E-state index in [1.807, 2.05) is 42.5 Å². The Morgan fingerprint density at radius 1 is 1.13 bits per heavy atom. The predicted molar refractivity (Wildman–Crippen MR) is 87.7 cm³/mol. The number of benzene rings is 2. The third-order valence-electron chi connectivity index (χ3n) is 3.57. The zero-order valence-corrected chi connectivity index (χ0v) is 13.0. The number of ether oxygens (including phenoxy) is 1. The van der Waals surface area contributed by atoms with E-state index < -0.39 is 0 Å². The fourth-order valence-corrected chi connectivity index (χ4v) is 3.28. The van der Waals surface area contributed by atoms with Gasteiger partial charge in [0.2, 0.25) is 0 Å². The van der Waals surface area contributed by atoms with Crippen molar-refractivity contribution >= 4 is 28.8 Å². The molecule has 0 spiro atoms. The second-order valence-corrected chi connectivity index (χ2v) is 6.21. The molecule has 1 aliphatic heterocycles. The number of oxazole rings is 1. The van der Waals surface area contributed by atoms with Crippen LogP contribution in [-0.4, -0.2) is 22.9 Å². The van der Waals surface area contributed by atoms with E-state index in [2.05, 4.69) is 10.3 Å². The first-order valence-corrected chi connectivity index (χ1v) is 8.33. The fraction of sp³-hybridized carbons (Fsp3) is 0.176. The number of fused-ring (bicyclic) bond motifs is 2. The van der Waals surface area contributed by atoms with Crippen LogP contribution in [0.1, 0.15) is 16.8 Å². The Labute approximate surface area is 137 Å². The number of aromatic nitrogens is 1. The largest absolute Gasteiger partial charge is 0.470 e. The first kappa shape index (κ1) is 14.1.